The Bertz CT molecular complexity index is 1440. The van der Waals surface area contributed by atoms with E-state index in [4.69, 9.17) is 4.74 Å². The van der Waals surface area contributed by atoms with Gasteiger partial charge in [-0.3, -0.25) is 4.72 Å². The van der Waals surface area contributed by atoms with E-state index in [1.165, 1.54) is 6.07 Å². The van der Waals surface area contributed by atoms with Crippen molar-refractivity contribution in [3.05, 3.63) is 78.4 Å². The molecule has 37 heavy (non-hydrogen) atoms. The fourth-order valence-electron chi connectivity index (χ4n) is 4.45. The van der Waals surface area contributed by atoms with Crippen LogP contribution in [0.2, 0.25) is 0 Å². The van der Waals surface area contributed by atoms with Crippen molar-refractivity contribution < 1.29 is 21.6 Å². The van der Waals surface area contributed by atoms with Crippen LogP contribution in [-0.2, 0) is 20.0 Å². The number of anilines is 3. The van der Waals surface area contributed by atoms with Crippen LogP contribution in [0.4, 0.5) is 17.1 Å². The van der Waals surface area contributed by atoms with Crippen molar-refractivity contribution in [2.75, 3.05) is 54.1 Å². The molecule has 3 aromatic rings. The molecule has 3 aromatic carbocycles. The van der Waals surface area contributed by atoms with E-state index in [1.807, 2.05) is 59.5 Å². The maximum absolute atomic E-state index is 13.6. The Labute approximate surface area is 219 Å². The van der Waals surface area contributed by atoms with Gasteiger partial charge in [0.1, 0.15) is 10.6 Å². The van der Waals surface area contributed by atoms with Gasteiger partial charge in [-0.05, 0) is 42.8 Å². The van der Waals surface area contributed by atoms with Gasteiger partial charge in [-0.2, -0.15) is 0 Å². The zero-order valence-electron chi connectivity index (χ0n) is 21.1. The van der Waals surface area contributed by atoms with Crippen molar-refractivity contribution in [2.24, 2.45) is 0 Å². The van der Waals surface area contributed by atoms with E-state index in [9.17, 15) is 16.8 Å². The first-order valence-electron chi connectivity index (χ1n) is 11.9. The number of nitrogens with one attached hydrogen (secondary N) is 2. The molecule has 1 fully saturated rings. The van der Waals surface area contributed by atoms with Gasteiger partial charge in [0.25, 0.3) is 0 Å². The Balaban J connectivity index is 1.63. The molecule has 0 aromatic heterocycles. The van der Waals surface area contributed by atoms with Crippen LogP contribution in [-0.4, -0.2) is 56.4 Å². The predicted octanol–water partition coefficient (Wildman–Crippen LogP) is 3.43. The van der Waals surface area contributed by atoms with Crippen molar-refractivity contribution in [1.29, 1.82) is 0 Å². The minimum absolute atomic E-state index is 0.0228. The summed E-state index contributed by atoms with van der Waals surface area (Å²) in [5.74, 6) is 0.787. The molecule has 1 aliphatic heterocycles. The second kappa shape index (κ2) is 11.0. The molecule has 0 spiro atoms. The number of hydrogen-bond acceptors (Lipinski definition) is 7. The van der Waals surface area contributed by atoms with Crippen LogP contribution in [0.5, 0.6) is 5.75 Å². The third kappa shape index (κ3) is 6.54. The number of rotatable bonds is 9. The summed E-state index contributed by atoms with van der Waals surface area (Å²) in [6, 6.07) is 21.2. The van der Waals surface area contributed by atoms with Gasteiger partial charge in [0, 0.05) is 37.9 Å². The third-order valence-electron chi connectivity index (χ3n) is 6.23. The fourth-order valence-corrected chi connectivity index (χ4v) is 6.49. The standard InChI is InChI=1S/C26H32N4O5S2/c1-20(21-9-5-4-6-10-21)27-37(33,34)26-19-22(28-36(3,31)32)13-14-24(26)30-17-15-29(16-18-30)23-11-7-8-12-25(23)35-2/h4-14,19-20,27-28H,15-18H2,1-3H3/t20-/m1/s1. The van der Waals surface area contributed by atoms with Crippen LogP contribution in [0.25, 0.3) is 0 Å². The van der Waals surface area contributed by atoms with Crippen molar-refractivity contribution in [1.82, 2.24) is 4.72 Å². The second-order valence-corrected chi connectivity index (χ2v) is 12.4. The second-order valence-electron chi connectivity index (χ2n) is 8.96. The van der Waals surface area contributed by atoms with Crippen LogP contribution in [0.15, 0.2) is 77.7 Å². The lowest BCUT2D eigenvalue weighted by Crippen LogP contribution is -2.47. The molecule has 9 nitrogen and oxygen atoms in total. The van der Waals surface area contributed by atoms with Gasteiger partial charge in [0.2, 0.25) is 20.0 Å². The number of benzene rings is 3. The summed E-state index contributed by atoms with van der Waals surface area (Å²) in [5.41, 5.74) is 2.52. The Morgan fingerprint density at radius 1 is 0.811 bits per heavy atom. The minimum Gasteiger partial charge on any atom is -0.495 e. The summed E-state index contributed by atoms with van der Waals surface area (Å²) in [4.78, 5) is 4.24. The number of sulfonamides is 2. The third-order valence-corrected chi connectivity index (χ3v) is 8.41. The molecule has 11 heteroatoms. The zero-order valence-corrected chi connectivity index (χ0v) is 22.7. The topological polar surface area (TPSA) is 108 Å². The molecular weight excluding hydrogens is 512 g/mol. The largest absolute Gasteiger partial charge is 0.495 e. The normalized spacial score (nSPS) is 15.3. The lowest BCUT2D eigenvalue weighted by molar-refractivity contribution is 0.413. The molecule has 1 aliphatic rings. The Kier molecular flexibility index (Phi) is 7.96. The van der Waals surface area contributed by atoms with Crippen LogP contribution in [0, 0.1) is 0 Å². The van der Waals surface area contributed by atoms with E-state index in [0.717, 1.165) is 23.3 Å². The molecule has 1 saturated heterocycles. The fraction of sp³-hybridized carbons (Fsp3) is 0.308. The quantitative estimate of drug-likeness (QED) is 0.425. The molecule has 0 radical (unpaired) electrons. The summed E-state index contributed by atoms with van der Waals surface area (Å²) >= 11 is 0. The average Bonchev–Trinajstić information content (AvgIpc) is 2.88. The van der Waals surface area contributed by atoms with E-state index < -0.39 is 26.1 Å². The monoisotopic (exact) mass is 544 g/mol. The summed E-state index contributed by atoms with van der Waals surface area (Å²) in [6.45, 7) is 4.26. The van der Waals surface area contributed by atoms with Crippen molar-refractivity contribution in [2.45, 2.75) is 17.9 Å². The van der Waals surface area contributed by atoms with E-state index in [0.29, 0.717) is 31.9 Å². The zero-order chi connectivity index (χ0) is 26.6. The molecule has 198 valence electrons. The maximum atomic E-state index is 13.6. The number of ether oxygens (including phenoxy) is 1. The van der Waals surface area contributed by atoms with E-state index in [1.54, 1.807) is 26.2 Å². The molecule has 0 bridgehead atoms. The summed E-state index contributed by atoms with van der Waals surface area (Å²) in [5, 5.41) is 0. The van der Waals surface area contributed by atoms with Gasteiger partial charge in [0.15, 0.2) is 0 Å². The molecule has 4 rings (SSSR count). The highest BCUT2D eigenvalue weighted by atomic mass is 32.2. The van der Waals surface area contributed by atoms with Gasteiger partial charge in [-0.25, -0.2) is 21.6 Å². The van der Waals surface area contributed by atoms with Crippen molar-refractivity contribution in [3.63, 3.8) is 0 Å². The number of nitrogens with zero attached hydrogens (tertiary/aromatic N) is 2. The first kappa shape index (κ1) is 26.8. The number of methoxy groups -OCH3 is 1. The summed E-state index contributed by atoms with van der Waals surface area (Å²) in [6.07, 6.45) is 1.03. The molecule has 1 heterocycles. The van der Waals surface area contributed by atoms with Crippen LogP contribution >= 0.6 is 0 Å². The van der Waals surface area contributed by atoms with Gasteiger partial charge >= 0.3 is 0 Å². The first-order valence-corrected chi connectivity index (χ1v) is 15.3. The predicted molar refractivity (Wildman–Crippen MR) is 148 cm³/mol. The van der Waals surface area contributed by atoms with Gasteiger partial charge in [0.05, 0.1) is 24.7 Å². The number of hydrogen-bond donors (Lipinski definition) is 2. The molecule has 0 amide bonds. The average molecular weight is 545 g/mol. The highest BCUT2D eigenvalue weighted by molar-refractivity contribution is 7.92. The van der Waals surface area contributed by atoms with Crippen LogP contribution in [0.1, 0.15) is 18.5 Å². The number of para-hydroxylation sites is 2. The summed E-state index contributed by atoms with van der Waals surface area (Å²) in [7, 11) is -5.95. The van der Waals surface area contributed by atoms with Crippen molar-refractivity contribution >= 4 is 37.1 Å². The molecule has 2 N–H and O–H groups in total. The molecule has 0 aliphatic carbocycles. The number of piperazine rings is 1. The lowest BCUT2D eigenvalue weighted by atomic mass is 10.1. The van der Waals surface area contributed by atoms with Gasteiger partial charge in [-0.15, -0.1) is 0 Å². The Hall–Kier alpha value is -3.28. The SMILES string of the molecule is COc1ccccc1N1CCN(c2ccc(NS(C)(=O)=O)cc2S(=O)(=O)N[C@H](C)c2ccccc2)CC1. The maximum Gasteiger partial charge on any atom is 0.243 e. The van der Waals surface area contributed by atoms with Crippen LogP contribution < -0.4 is 24.0 Å². The highest BCUT2D eigenvalue weighted by Crippen LogP contribution is 2.33. The highest BCUT2D eigenvalue weighted by Gasteiger charge is 2.28. The molecule has 0 saturated carbocycles. The smallest absolute Gasteiger partial charge is 0.243 e. The molecular formula is C26H32N4O5S2. The van der Waals surface area contributed by atoms with Crippen molar-refractivity contribution in [3.8, 4) is 5.75 Å². The first-order chi connectivity index (χ1) is 17.6. The van der Waals surface area contributed by atoms with Crippen LogP contribution in [0.3, 0.4) is 0 Å². The Morgan fingerprint density at radius 2 is 1.41 bits per heavy atom. The van der Waals surface area contributed by atoms with Gasteiger partial charge < -0.3 is 14.5 Å². The van der Waals surface area contributed by atoms with Gasteiger partial charge in [-0.1, -0.05) is 42.5 Å². The van der Waals surface area contributed by atoms with E-state index in [-0.39, 0.29) is 10.6 Å². The Morgan fingerprint density at radius 3 is 2.03 bits per heavy atom. The summed E-state index contributed by atoms with van der Waals surface area (Å²) < 4.78 is 61.6. The van der Waals surface area contributed by atoms with E-state index >= 15 is 0 Å². The minimum atomic E-state index is -4.00. The molecule has 0 unspecified atom stereocenters. The molecule has 1 atom stereocenters. The lowest BCUT2D eigenvalue weighted by Gasteiger charge is -2.38. The van der Waals surface area contributed by atoms with E-state index in [2.05, 4.69) is 14.3 Å².